The lowest BCUT2D eigenvalue weighted by atomic mass is 9.89. The highest BCUT2D eigenvalue weighted by Crippen LogP contribution is 2.30. The van der Waals surface area contributed by atoms with Crippen molar-refractivity contribution in [3.63, 3.8) is 0 Å². The first-order valence-electron chi connectivity index (χ1n) is 5.19. The highest BCUT2D eigenvalue weighted by molar-refractivity contribution is 6.35. The number of aromatic nitrogens is 4. The second-order valence-electron chi connectivity index (χ2n) is 4.63. The zero-order chi connectivity index (χ0) is 12.0. The Labute approximate surface area is 108 Å². The summed E-state index contributed by atoms with van der Waals surface area (Å²) in [6.45, 7) is 4.44. The predicted molar refractivity (Wildman–Crippen MR) is 64.3 cm³/mol. The van der Waals surface area contributed by atoms with Gasteiger partial charge in [0.05, 0.1) is 19.5 Å². The average molecular weight is 273 g/mol. The molecule has 3 rings (SSSR count). The van der Waals surface area contributed by atoms with Crippen molar-refractivity contribution in [3.05, 3.63) is 16.8 Å². The Morgan fingerprint density at radius 3 is 2.82 bits per heavy atom. The van der Waals surface area contributed by atoms with Crippen LogP contribution in [0.15, 0.2) is 6.33 Å². The molecule has 0 spiro atoms. The minimum atomic E-state index is 0.136. The minimum Gasteiger partial charge on any atom is -0.380 e. The van der Waals surface area contributed by atoms with Crippen LogP contribution in [-0.2, 0) is 11.3 Å². The standard InChI is InChI=1S/C10H10Cl2N4O/c1-10(3-17-4-10)2-16-5-13-6-7(11)14-9(12)15-8(6)16/h5H,2-4H2,1H3. The summed E-state index contributed by atoms with van der Waals surface area (Å²) in [7, 11) is 0. The van der Waals surface area contributed by atoms with Gasteiger partial charge in [0.1, 0.15) is 5.52 Å². The molecule has 17 heavy (non-hydrogen) atoms. The fraction of sp³-hybridized carbons (Fsp3) is 0.500. The van der Waals surface area contributed by atoms with Crippen LogP contribution in [0.25, 0.3) is 11.2 Å². The van der Waals surface area contributed by atoms with E-state index in [1.165, 1.54) is 0 Å². The maximum atomic E-state index is 5.96. The lowest BCUT2D eigenvalue weighted by Crippen LogP contribution is -2.43. The lowest BCUT2D eigenvalue weighted by molar-refractivity contribution is -0.109. The third-order valence-corrected chi connectivity index (χ3v) is 3.28. The number of hydrogen-bond donors (Lipinski definition) is 0. The molecule has 0 aromatic carbocycles. The summed E-state index contributed by atoms with van der Waals surface area (Å²) in [4.78, 5) is 12.2. The van der Waals surface area contributed by atoms with Crippen molar-refractivity contribution in [2.45, 2.75) is 13.5 Å². The van der Waals surface area contributed by atoms with Gasteiger partial charge < -0.3 is 9.30 Å². The van der Waals surface area contributed by atoms with Crippen LogP contribution in [0.5, 0.6) is 0 Å². The number of fused-ring (bicyclic) bond motifs is 1. The quantitative estimate of drug-likeness (QED) is 0.621. The Morgan fingerprint density at radius 2 is 2.18 bits per heavy atom. The maximum absolute atomic E-state index is 5.96. The van der Waals surface area contributed by atoms with Crippen molar-refractivity contribution in [1.82, 2.24) is 19.5 Å². The predicted octanol–water partition coefficient (Wildman–Crippen LogP) is 2.17. The Morgan fingerprint density at radius 1 is 1.41 bits per heavy atom. The van der Waals surface area contributed by atoms with E-state index in [0.717, 1.165) is 19.8 Å². The molecule has 1 aliphatic heterocycles. The molecule has 0 N–H and O–H groups in total. The Balaban J connectivity index is 2.05. The van der Waals surface area contributed by atoms with Gasteiger partial charge in [-0.25, -0.2) is 9.97 Å². The molecule has 1 aliphatic rings. The van der Waals surface area contributed by atoms with Crippen LogP contribution in [0, 0.1) is 5.41 Å². The van der Waals surface area contributed by atoms with E-state index in [0.29, 0.717) is 11.2 Å². The molecule has 0 bridgehead atoms. The third kappa shape index (κ3) is 1.88. The summed E-state index contributed by atoms with van der Waals surface area (Å²) in [5.41, 5.74) is 1.39. The van der Waals surface area contributed by atoms with Gasteiger partial charge in [0, 0.05) is 12.0 Å². The number of ether oxygens (including phenoxy) is 1. The summed E-state index contributed by atoms with van der Waals surface area (Å²) in [6, 6.07) is 0. The molecule has 0 saturated carbocycles. The molecule has 7 heteroatoms. The molecule has 0 amide bonds. The van der Waals surface area contributed by atoms with Crippen LogP contribution in [0.3, 0.4) is 0 Å². The zero-order valence-electron chi connectivity index (χ0n) is 9.15. The normalized spacial score (nSPS) is 18.3. The molecule has 3 heterocycles. The number of nitrogens with zero attached hydrogens (tertiary/aromatic N) is 4. The summed E-state index contributed by atoms with van der Waals surface area (Å²) < 4.78 is 7.17. The van der Waals surface area contributed by atoms with Gasteiger partial charge in [-0.15, -0.1) is 0 Å². The molecule has 2 aromatic rings. The first-order chi connectivity index (χ1) is 8.07. The second-order valence-corrected chi connectivity index (χ2v) is 5.33. The summed E-state index contributed by atoms with van der Waals surface area (Å²) in [6.07, 6.45) is 1.71. The van der Waals surface area contributed by atoms with Crippen LogP contribution in [0.4, 0.5) is 0 Å². The first kappa shape index (κ1) is 11.2. The van der Waals surface area contributed by atoms with Crippen molar-refractivity contribution in [2.75, 3.05) is 13.2 Å². The topological polar surface area (TPSA) is 52.8 Å². The molecule has 5 nitrogen and oxygen atoms in total. The van der Waals surface area contributed by atoms with Gasteiger partial charge >= 0.3 is 0 Å². The number of rotatable bonds is 2. The highest BCUT2D eigenvalue weighted by Gasteiger charge is 2.34. The Bertz CT molecular complexity index is 579. The van der Waals surface area contributed by atoms with Gasteiger partial charge in [-0.2, -0.15) is 4.98 Å². The van der Waals surface area contributed by atoms with Gasteiger partial charge in [-0.05, 0) is 11.6 Å². The van der Waals surface area contributed by atoms with E-state index in [1.807, 2.05) is 4.57 Å². The molecule has 1 saturated heterocycles. The summed E-state index contributed by atoms with van der Waals surface area (Å²) in [5, 5.41) is 0.424. The van der Waals surface area contributed by atoms with E-state index in [1.54, 1.807) is 6.33 Å². The highest BCUT2D eigenvalue weighted by atomic mass is 35.5. The minimum absolute atomic E-state index is 0.136. The van der Waals surface area contributed by atoms with Crippen molar-refractivity contribution < 1.29 is 4.74 Å². The molecule has 0 unspecified atom stereocenters. The molecular formula is C10H10Cl2N4O. The van der Waals surface area contributed by atoms with Gasteiger partial charge in [0.25, 0.3) is 0 Å². The fourth-order valence-electron chi connectivity index (χ4n) is 1.95. The van der Waals surface area contributed by atoms with Crippen molar-refractivity contribution in [3.8, 4) is 0 Å². The number of halogens is 2. The van der Waals surface area contributed by atoms with Crippen LogP contribution in [-0.4, -0.2) is 32.7 Å². The van der Waals surface area contributed by atoms with E-state index in [-0.39, 0.29) is 15.9 Å². The van der Waals surface area contributed by atoms with Crippen molar-refractivity contribution >= 4 is 34.4 Å². The largest absolute Gasteiger partial charge is 0.380 e. The smallest absolute Gasteiger partial charge is 0.225 e. The van der Waals surface area contributed by atoms with E-state index in [2.05, 4.69) is 21.9 Å². The molecule has 2 aromatic heterocycles. The molecule has 1 fully saturated rings. The van der Waals surface area contributed by atoms with Crippen LogP contribution >= 0.6 is 23.2 Å². The molecule has 0 atom stereocenters. The van der Waals surface area contributed by atoms with E-state index in [9.17, 15) is 0 Å². The van der Waals surface area contributed by atoms with Gasteiger partial charge in [-0.3, -0.25) is 0 Å². The fourth-order valence-corrected chi connectivity index (χ4v) is 2.37. The maximum Gasteiger partial charge on any atom is 0.225 e. The summed E-state index contributed by atoms with van der Waals surface area (Å²) in [5.74, 6) is 0. The van der Waals surface area contributed by atoms with Crippen LogP contribution < -0.4 is 0 Å². The average Bonchev–Trinajstić information content (AvgIpc) is 2.59. The molecule has 90 valence electrons. The zero-order valence-corrected chi connectivity index (χ0v) is 10.7. The van der Waals surface area contributed by atoms with E-state index >= 15 is 0 Å². The third-order valence-electron chi connectivity index (χ3n) is 2.85. The van der Waals surface area contributed by atoms with Crippen molar-refractivity contribution in [2.24, 2.45) is 5.41 Å². The second kappa shape index (κ2) is 3.80. The Hall–Kier alpha value is -0.910. The SMILES string of the molecule is CC1(Cn2cnc3c(Cl)nc(Cl)nc32)COC1. The molecule has 0 radical (unpaired) electrons. The van der Waals surface area contributed by atoms with Crippen LogP contribution in [0.1, 0.15) is 6.92 Å². The van der Waals surface area contributed by atoms with Crippen LogP contribution in [0.2, 0.25) is 10.4 Å². The summed E-state index contributed by atoms with van der Waals surface area (Å²) >= 11 is 11.8. The van der Waals surface area contributed by atoms with Gasteiger partial charge in [-0.1, -0.05) is 18.5 Å². The van der Waals surface area contributed by atoms with Crippen molar-refractivity contribution in [1.29, 1.82) is 0 Å². The lowest BCUT2D eigenvalue weighted by Gasteiger charge is -2.38. The Kier molecular flexibility index (Phi) is 2.50. The molecule has 0 aliphatic carbocycles. The molecular weight excluding hydrogens is 263 g/mol. The number of imidazole rings is 1. The van der Waals surface area contributed by atoms with E-state index < -0.39 is 0 Å². The van der Waals surface area contributed by atoms with E-state index in [4.69, 9.17) is 27.9 Å². The van der Waals surface area contributed by atoms with Gasteiger partial charge in [0.15, 0.2) is 10.8 Å². The first-order valence-corrected chi connectivity index (χ1v) is 5.95. The van der Waals surface area contributed by atoms with Gasteiger partial charge in [0.2, 0.25) is 5.28 Å². The monoisotopic (exact) mass is 272 g/mol. The number of hydrogen-bond acceptors (Lipinski definition) is 4.